The number of hydrogen-bond donors (Lipinski definition) is 0. The molecule has 0 fully saturated rings. The normalized spacial score (nSPS) is 10.4. The fraction of sp³-hybridized carbons (Fsp3) is 0. The van der Waals surface area contributed by atoms with E-state index in [2.05, 4.69) is 4.98 Å². The quantitative estimate of drug-likeness (QED) is 0.523. The van der Waals surface area contributed by atoms with Gasteiger partial charge in [0, 0.05) is 17.8 Å². The second-order valence-corrected chi connectivity index (χ2v) is 2.56. The van der Waals surface area contributed by atoms with Gasteiger partial charge in [-0.3, -0.25) is 4.98 Å². The van der Waals surface area contributed by atoms with E-state index in [9.17, 15) is 4.39 Å². The van der Waals surface area contributed by atoms with Crippen LogP contribution in [0, 0.1) is 5.82 Å². The highest BCUT2D eigenvalue weighted by molar-refractivity contribution is 6.38. The van der Waals surface area contributed by atoms with Gasteiger partial charge in [0.15, 0.2) is 0 Å². The Morgan fingerprint density at radius 2 is 2.00 bits per heavy atom. The molecule has 1 heterocycles. The van der Waals surface area contributed by atoms with Gasteiger partial charge >= 0.3 is 0 Å². The molecular weight excluding hydrogens is 152 g/mol. The first-order chi connectivity index (χ1) is 5.79. The zero-order valence-electron chi connectivity index (χ0n) is 6.29. The molecule has 1 nitrogen and oxygen atoms in total. The van der Waals surface area contributed by atoms with Gasteiger partial charge in [-0.2, -0.15) is 0 Å². The summed E-state index contributed by atoms with van der Waals surface area (Å²) in [6, 6.07) is 4.51. The highest BCUT2D eigenvalue weighted by atomic mass is 19.1. The van der Waals surface area contributed by atoms with E-state index in [-0.39, 0.29) is 5.82 Å². The highest BCUT2D eigenvalue weighted by Crippen LogP contribution is 2.12. The van der Waals surface area contributed by atoms with Crippen LogP contribution in [0.25, 0.3) is 10.8 Å². The molecule has 0 aliphatic rings. The van der Waals surface area contributed by atoms with Crippen molar-refractivity contribution in [3.8, 4) is 0 Å². The van der Waals surface area contributed by atoms with E-state index in [1.807, 2.05) is 0 Å². The Morgan fingerprint density at radius 3 is 2.75 bits per heavy atom. The molecule has 0 saturated heterocycles. The van der Waals surface area contributed by atoms with Crippen LogP contribution >= 0.6 is 0 Å². The number of hydrogen-bond acceptors (Lipinski definition) is 1. The Labute approximate surface area is 70.7 Å². The number of benzene rings is 1. The van der Waals surface area contributed by atoms with E-state index in [4.69, 9.17) is 7.85 Å². The molecule has 0 amide bonds. The molecular formula is C9H5BFN. The molecule has 1 aromatic carbocycles. The number of halogens is 1. The Hall–Kier alpha value is -1.38. The van der Waals surface area contributed by atoms with Crippen molar-refractivity contribution in [2.75, 3.05) is 0 Å². The maximum Gasteiger partial charge on any atom is 0.131 e. The van der Waals surface area contributed by atoms with Gasteiger partial charge in [0.25, 0.3) is 0 Å². The van der Waals surface area contributed by atoms with Crippen molar-refractivity contribution >= 4 is 24.1 Å². The van der Waals surface area contributed by atoms with Gasteiger partial charge in [0.1, 0.15) is 13.7 Å². The summed E-state index contributed by atoms with van der Waals surface area (Å²) >= 11 is 0. The highest BCUT2D eigenvalue weighted by Gasteiger charge is 2.00. The first-order valence-corrected chi connectivity index (χ1v) is 3.57. The SMILES string of the molecule is [B]c1ccc(F)c2ccncc12. The monoisotopic (exact) mass is 157 g/mol. The summed E-state index contributed by atoms with van der Waals surface area (Å²) in [4.78, 5) is 3.87. The number of aromatic nitrogens is 1. The standard InChI is InChI=1S/C9H5BFN/c10-8-1-2-9(11)6-3-4-12-5-7(6)8/h1-5H. The molecule has 1 aromatic heterocycles. The number of nitrogens with zero attached hydrogens (tertiary/aromatic N) is 1. The molecule has 56 valence electrons. The number of pyridine rings is 1. The van der Waals surface area contributed by atoms with Crippen LogP contribution in [0.1, 0.15) is 0 Å². The second-order valence-electron chi connectivity index (χ2n) is 2.56. The van der Waals surface area contributed by atoms with E-state index >= 15 is 0 Å². The minimum atomic E-state index is -0.262. The average molecular weight is 157 g/mol. The van der Waals surface area contributed by atoms with Crippen LogP contribution in [0.3, 0.4) is 0 Å². The van der Waals surface area contributed by atoms with E-state index in [0.29, 0.717) is 16.2 Å². The lowest BCUT2D eigenvalue weighted by molar-refractivity contribution is 0.640. The van der Waals surface area contributed by atoms with Crippen LogP contribution in [-0.4, -0.2) is 12.8 Å². The summed E-state index contributed by atoms with van der Waals surface area (Å²) in [6.45, 7) is 0. The molecule has 0 unspecified atom stereocenters. The van der Waals surface area contributed by atoms with E-state index < -0.39 is 0 Å². The summed E-state index contributed by atoms with van der Waals surface area (Å²) in [6.07, 6.45) is 3.11. The fourth-order valence-corrected chi connectivity index (χ4v) is 1.18. The first kappa shape index (κ1) is 7.28. The number of fused-ring (bicyclic) bond motifs is 1. The lowest BCUT2D eigenvalue weighted by Crippen LogP contribution is -2.04. The molecule has 0 saturated carbocycles. The van der Waals surface area contributed by atoms with Crippen LogP contribution in [0.15, 0.2) is 30.6 Å². The van der Waals surface area contributed by atoms with Crippen LogP contribution in [-0.2, 0) is 0 Å². The van der Waals surface area contributed by atoms with Crippen LogP contribution in [0.4, 0.5) is 4.39 Å². The zero-order chi connectivity index (χ0) is 8.55. The summed E-state index contributed by atoms with van der Waals surface area (Å²) in [5, 5.41) is 1.18. The molecule has 2 rings (SSSR count). The summed E-state index contributed by atoms with van der Waals surface area (Å²) in [5.41, 5.74) is 0.555. The van der Waals surface area contributed by atoms with E-state index in [1.165, 1.54) is 6.07 Å². The van der Waals surface area contributed by atoms with Gasteiger partial charge < -0.3 is 0 Å². The second kappa shape index (κ2) is 2.59. The molecule has 12 heavy (non-hydrogen) atoms. The third-order valence-corrected chi connectivity index (χ3v) is 1.80. The summed E-state index contributed by atoms with van der Waals surface area (Å²) in [5.74, 6) is -0.262. The molecule has 0 aliphatic carbocycles. The third-order valence-electron chi connectivity index (χ3n) is 1.80. The molecule has 0 aliphatic heterocycles. The Bertz CT molecular complexity index is 387. The van der Waals surface area contributed by atoms with Gasteiger partial charge in [-0.05, 0) is 17.5 Å². The smallest absolute Gasteiger partial charge is 0.131 e. The van der Waals surface area contributed by atoms with Crippen LogP contribution < -0.4 is 5.46 Å². The zero-order valence-corrected chi connectivity index (χ0v) is 6.29. The summed E-state index contributed by atoms with van der Waals surface area (Å²) < 4.78 is 13.1. The predicted octanol–water partition coefficient (Wildman–Crippen LogP) is 1.17. The largest absolute Gasteiger partial charge is 0.264 e. The van der Waals surface area contributed by atoms with Crippen molar-refractivity contribution in [2.24, 2.45) is 0 Å². The van der Waals surface area contributed by atoms with Crippen molar-refractivity contribution in [1.29, 1.82) is 0 Å². The van der Waals surface area contributed by atoms with Crippen LogP contribution in [0.5, 0.6) is 0 Å². The minimum absolute atomic E-state index is 0.262. The maximum absolute atomic E-state index is 13.1. The molecule has 2 aromatic rings. The van der Waals surface area contributed by atoms with Crippen LogP contribution in [0.2, 0.25) is 0 Å². The molecule has 0 spiro atoms. The molecule has 3 heteroatoms. The third kappa shape index (κ3) is 0.980. The molecule has 0 N–H and O–H groups in total. The topological polar surface area (TPSA) is 12.9 Å². The summed E-state index contributed by atoms with van der Waals surface area (Å²) in [7, 11) is 5.62. The Morgan fingerprint density at radius 1 is 1.17 bits per heavy atom. The average Bonchev–Trinajstić information content (AvgIpc) is 2.12. The van der Waals surface area contributed by atoms with Gasteiger partial charge in [0.2, 0.25) is 0 Å². The maximum atomic E-state index is 13.1. The Kier molecular flexibility index (Phi) is 1.57. The van der Waals surface area contributed by atoms with Crippen molar-refractivity contribution in [3.63, 3.8) is 0 Å². The minimum Gasteiger partial charge on any atom is -0.264 e. The lowest BCUT2D eigenvalue weighted by Gasteiger charge is -2.01. The Balaban J connectivity index is 2.95. The molecule has 2 radical (unpaired) electrons. The van der Waals surface area contributed by atoms with Gasteiger partial charge in [-0.1, -0.05) is 11.5 Å². The van der Waals surface area contributed by atoms with E-state index in [0.717, 1.165) is 0 Å². The van der Waals surface area contributed by atoms with E-state index in [1.54, 1.807) is 24.5 Å². The van der Waals surface area contributed by atoms with Crippen molar-refractivity contribution in [2.45, 2.75) is 0 Å². The van der Waals surface area contributed by atoms with Crippen molar-refractivity contribution in [1.82, 2.24) is 4.98 Å². The molecule has 0 atom stereocenters. The van der Waals surface area contributed by atoms with Gasteiger partial charge in [-0.15, -0.1) is 0 Å². The number of rotatable bonds is 0. The first-order valence-electron chi connectivity index (χ1n) is 3.57. The fourth-order valence-electron chi connectivity index (χ4n) is 1.18. The lowest BCUT2D eigenvalue weighted by atomic mass is 9.91. The van der Waals surface area contributed by atoms with Crippen molar-refractivity contribution < 1.29 is 4.39 Å². The molecule has 0 bridgehead atoms. The van der Waals surface area contributed by atoms with Gasteiger partial charge in [-0.25, -0.2) is 4.39 Å². The predicted molar refractivity (Wildman–Crippen MR) is 47.1 cm³/mol. The van der Waals surface area contributed by atoms with Gasteiger partial charge in [0.05, 0.1) is 0 Å². The van der Waals surface area contributed by atoms with Crippen molar-refractivity contribution in [3.05, 3.63) is 36.4 Å².